The van der Waals surface area contributed by atoms with Gasteiger partial charge in [-0.15, -0.1) is 0 Å². The van der Waals surface area contributed by atoms with E-state index in [4.69, 9.17) is 4.42 Å². The molecular formula is C11H16N2O3. The first-order chi connectivity index (χ1) is 7.56. The second kappa shape index (κ2) is 5.34. The van der Waals surface area contributed by atoms with Crippen LogP contribution in [-0.2, 0) is 4.74 Å². The largest absolute Gasteiger partial charge is 0.469 e. The van der Waals surface area contributed by atoms with Crippen molar-refractivity contribution in [3.05, 3.63) is 23.2 Å². The fourth-order valence-corrected chi connectivity index (χ4v) is 1.46. The van der Waals surface area contributed by atoms with Crippen LogP contribution in [0.25, 0.3) is 0 Å². The van der Waals surface area contributed by atoms with Crippen LogP contribution >= 0.6 is 0 Å². The number of carbonyl (C=O) groups excluding carboxylic acids is 1. The van der Waals surface area contributed by atoms with Crippen LogP contribution in [0.15, 0.2) is 15.8 Å². The molecule has 0 saturated carbocycles. The molecule has 0 aliphatic rings. The Hall–Kier alpha value is -1.78. The van der Waals surface area contributed by atoms with Gasteiger partial charge >= 0.3 is 6.09 Å². The molecule has 0 radical (unpaired) electrons. The number of rotatable bonds is 3. The van der Waals surface area contributed by atoms with Gasteiger partial charge in [0.05, 0.1) is 18.6 Å². The molecule has 1 aromatic heterocycles. The highest BCUT2D eigenvalue weighted by molar-refractivity contribution is 6.01. The van der Waals surface area contributed by atoms with E-state index in [1.165, 1.54) is 0 Å². The Morgan fingerprint density at radius 3 is 2.75 bits per heavy atom. The summed E-state index contributed by atoms with van der Waals surface area (Å²) in [5.41, 5.74) is 4.91. The van der Waals surface area contributed by atoms with E-state index in [-0.39, 0.29) is 0 Å². The van der Waals surface area contributed by atoms with Crippen LogP contribution in [0.5, 0.6) is 0 Å². The summed E-state index contributed by atoms with van der Waals surface area (Å²) in [5.74, 6) is 0.782. The van der Waals surface area contributed by atoms with Gasteiger partial charge in [-0.3, -0.25) is 0 Å². The lowest BCUT2D eigenvalue weighted by Crippen LogP contribution is -2.20. The van der Waals surface area contributed by atoms with E-state index in [9.17, 15) is 4.79 Å². The molecule has 0 bridgehead atoms. The Kier molecular flexibility index (Phi) is 4.10. The highest BCUT2D eigenvalue weighted by atomic mass is 16.5. The summed E-state index contributed by atoms with van der Waals surface area (Å²) in [6.45, 7) is 7.64. The molecule has 1 N–H and O–H groups in total. The van der Waals surface area contributed by atoms with Crippen molar-refractivity contribution < 1.29 is 13.9 Å². The maximum absolute atomic E-state index is 11.0. The minimum atomic E-state index is -0.555. The van der Waals surface area contributed by atoms with Crippen molar-refractivity contribution >= 4 is 11.8 Å². The third-order valence-corrected chi connectivity index (χ3v) is 2.11. The zero-order valence-corrected chi connectivity index (χ0v) is 9.96. The Morgan fingerprint density at radius 2 is 2.25 bits per heavy atom. The standard InChI is InChI=1S/C11H16N2O3/c1-5-15-11(14)13-12-8(3)10-7(2)6-16-9(10)4/h6H,5H2,1-4H3,(H,13,14)/b12-8+. The van der Waals surface area contributed by atoms with Crippen molar-refractivity contribution in [1.82, 2.24) is 5.43 Å². The van der Waals surface area contributed by atoms with Gasteiger partial charge < -0.3 is 9.15 Å². The molecule has 1 heterocycles. The fourth-order valence-electron chi connectivity index (χ4n) is 1.46. The highest BCUT2D eigenvalue weighted by Crippen LogP contribution is 2.16. The van der Waals surface area contributed by atoms with Crippen LogP contribution in [0.3, 0.4) is 0 Å². The summed E-state index contributed by atoms with van der Waals surface area (Å²) in [6, 6.07) is 0. The molecule has 0 spiro atoms. The van der Waals surface area contributed by atoms with Gasteiger partial charge in [0.25, 0.3) is 0 Å². The molecule has 0 fully saturated rings. The summed E-state index contributed by atoms with van der Waals surface area (Å²) in [5, 5.41) is 3.94. The molecule has 88 valence electrons. The first-order valence-corrected chi connectivity index (χ1v) is 5.08. The number of nitrogens with one attached hydrogen (secondary N) is 1. The average molecular weight is 224 g/mol. The van der Waals surface area contributed by atoms with E-state index in [0.29, 0.717) is 12.3 Å². The van der Waals surface area contributed by atoms with E-state index in [2.05, 4.69) is 15.3 Å². The van der Waals surface area contributed by atoms with Crippen LogP contribution in [0.2, 0.25) is 0 Å². The number of aryl methyl sites for hydroxylation is 2. The number of amides is 1. The first kappa shape index (κ1) is 12.3. The summed E-state index contributed by atoms with van der Waals surface area (Å²) in [7, 11) is 0. The molecule has 0 aromatic carbocycles. The topological polar surface area (TPSA) is 63.8 Å². The van der Waals surface area contributed by atoms with Crippen molar-refractivity contribution in [2.45, 2.75) is 27.7 Å². The lowest BCUT2D eigenvalue weighted by molar-refractivity contribution is 0.152. The van der Waals surface area contributed by atoms with Crippen LogP contribution < -0.4 is 5.43 Å². The van der Waals surface area contributed by atoms with E-state index in [1.54, 1.807) is 20.1 Å². The van der Waals surface area contributed by atoms with Crippen LogP contribution in [0.1, 0.15) is 30.7 Å². The molecular weight excluding hydrogens is 208 g/mol. The van der Waals surface area contributed by atoms with E-state index in [0.717, 1.165) is 16.9 Å². The average Bonchev–Trinajstić information content (AvgIpc) is 2.56. The fraction of sp³-hybridized carbons (Fsp3) is 0.455. The quantitative estimate of drug-likeness (QED) is 0.633. The Bertz CT molecular complexity index is 388. The third kappa shape index (κ3) is 2.85. The smallest absolute Gasteiger partial charge is 0.427 e. The number of carbonyl (C=O) groups is 1. The number of hydrazone groups is 1. The zero-order chi connectivity index (χ0) is 12.1. The van der Waals surface area contributed by atoms with Crippen LogP contribution in [0.4, 0.5) is 4.79 Å². The normalized spacial score (nSPS) is 11.4. The minimum Gasteiger partial charge on any atom is -0.469 e. The van der Waals surface area contributed by atoms with Gasteiger partial charge in [0, 0.05) is 5.56 Å². The Balaban J connectivity index is 2.74. The Morgan fingerprint density at radius 1 is 1.56 bits per heavy atom. The molecule has 1 amide bonds. The van der Waals surface area contributed by atoms with Gasteiger partial charge in [0.1, 0.15) is 5.76 Å². The minimum absolute atomic E-state index is 0.324. The van der Waals surface area contributed by atoms with Gasteiger partial charge in [-0.2, -0.15) is 5.10 Å². The molecule has 16 heavy (non-hydrogen) atoms. The number of ether oxygens (including phenoxy) is 1. The molecule has 5 heteroatoms. The lowest BCUT2D eigenvalue weighted by atomic mass is 10.1. The van der Waals surface area contributed by atoms with E-state index in [1.807, 2.05) is 13.8 Å². The zero-order valence-electron chi connectivity index (χ0n) is 9.96. The van der Waals surface area contributed by atoms with Crippen molar-refractivity contribution in [3.8, 4) is 0 Å². The maximum atomic E-state index is 11.0. The van der Waals surface area contributed by atoms with Gasteiger partial charge in [0.2, 0.25) is 0 Å². The monoisotopic (exact) mass is 224 g/mol. The van der Waals surface area contributed by atoms with Crippen LogP contribution in [0, 0.1) is 13.8 Å². The molecule has 0 aliphatic carbocycles. The SMILES string of the molecule is CCOC(=O)N/N=C(\C)c1c(C)coc1C. The predicted octanol–water partition coefficient (Wildman–Crippen LogP) is 2.37. The highest BCUT2D eigenvalue weighted by Gasteiger charge is 2.10. The second-order valence-corrected chi connectivity index (χ2v) is 3.38. The van der Waals surface area contributed by atoms with Gasteiger partial charge in [-0.05, 0) is 33.3 Å². The van der Waals surface area contributed by atoms with E-state index < -0.39 is 6.09 Å². The number of furan rings is 1. The summed E-state index contributed by atoms with van der Waals surface area (Å²) < 4.78 is 9.94. The first-order valence-electron chi connectivity index (χ1n) is 5.08. The second-order valence-electron chi connectivity index (χ2n) is 3.38. The van der Waals surface area contributed by atoms with Crippen molar-refractivity contribution in [2.75, 3.05) is 6.61 Å². The van der Waals surface area contributed by atoms with Crippen molar-refractivity contribution in [3.63, 3.8) is 0 Å². The van der Waals surface area contributed by atoms with E-state index >= 15 is 0 Å². The van der Waals surface area contributed by atoms with Crippen molar-refractivity contribution in [2.24, 2.45) is 5.10 Å². The predicted molar refractivity (Wildman–Crippen MR) is 60.6 cm³/mol. The third-order valence-electron chi connectivity index (χ3n) is 2.11. The maximum Gasteiger partial charge on any atom is 0.427 e. The van der Waals surface area contributed by atoms with Gasteiger partial charge in [-0.1, -0.05) is 0 Å². The molecule has 0 saturated heterocycles. The molecule has 5 nitrogen and oxygen atoms in total. The molecule has 0 aliphatic heterocycles. The van der Waals surface area contributed by atoms with Crippen LogP contribution in [-0.4, -0.2) is 18.4 Å². The number of hydrogen-bond donors (Lipinski definition) is 1. The number of nitrogens with zero attached hydrogens (tertiary/aromatic N) is 1. The summed E-state index contributed by atoms with van der Waals surface area (Å²) in [4.78, 5) is 11.0. The summed E-state index contributed by atoms with van der Waals surface area (Å²) in [6.07, 6.45) is 1.11. The molecule has 0 unspecified atom stereocenters. The summed E-state index contributed by atoms with van der Waals surface area (Å²) >= 11 is 0. The van der Waals surface area contributed by atoms with Gasteiger partial charge in [-0.25, -0.2) is 10.2 Å². The molecule has 1 rings (SSSR count). The Labute approximate surface area is 94.5 Å². The van der Waals surface area contributed by atoms with Gasteiger partial charge in [0.15, 0.2) is 0 Å². The number of hydrogen-bond acceptors (Lipinski definition) is 4. The lowest BCUT2D eigenvalue weighted by Gasteiger charge is -2.02. The molecule has 1 aromatic rings. The molecule has 0 atom stereocenters. The van der Waals surface area contributed by atoms with Crippen molar-refractivity contribution in [1.29, 1.82) is 0 Å².